The van der Waals surface area contributed by atoms with Crippen LogP contribution in [-0.4, -0.2) is 28.8 Å². The zero-order valence-electron chi connectivity index (χ0n) is 11.5. The zero-order chi connectivity index (χ0) is 14.9. The van der Waals surface area contributed by atoms with Crippen molar-refractivity contribution in [1.29, 1.82) is 0 Å². The van der Waals surface area contributed by atoms with Gasteiger partial charge in [0, 0.05) is 24.4 Å². The molecule has 0 aromatic heterocycles. The summed E-state index contributed by atoms with van der Waals surface area (Å²) >= 11 is 0. The molecule has 1 unspecified atom stereocenters. The van der Waals surface area contributed by atoms with Crippen molar-refractivity contribution in [2.45, 2.75) is 39.2 Å². The first kappa shape index (κ1) is 14.2. The molecule has 5 heteroatoms. The van der Waals surface area contributed by atoms with Crippen LogP contribution in [0, 0.1) is 0 Å². The molecule has 1 aliphatic heterocycles. The molecule has 0 aliphatic carbocycles. The summed E-state index contributed by atoms with van der Waals surface area (Å²) in [5, 5.41) is 8.99. The van der Waals surface area contributed by atoms with E-state index in [0.29, 0.717) is 17.7 Å². The highest BCUT2D eigenvalue weighted by molar-refractivity contribution is 6.10. The smallest absolute Gasteiger partial charge is 0.335 e. The average molecular weight is 275 g/mol. The number of amides is 1. The Bertz CT molecular complexity index is 579. The van der Waals surface area contributed by atoms with Gasteiger partial charge in [0.25, 0.3) is 0 Å². The quantitative estimate of drug-likeness (QED) is 0.919. The van der Waals surface area contributed by atoms with Gasteiger partial charge in [0.2, 0.25) is 5.91 Å². The number of anilines is 1. The fraction of sp³-hybridized carbons (Fsp3) is 0.400. The average Bonchev–Trinajstić information content (AvgIpc) is 2.38. The van der Waals surface area contributed by atoms with E-state index in [0.717, 1.165) is 6.42 Å². The van der Waals surface area contributed by atoms with E-state index < -0.39 is 5.97 Å². The first-order valence-electron chi connectivity index (χ1n) is 6.68. The minimum absolute atomic E-state index is 0.0307. The predicted octanol–water partition coefficient (Wildman–Crippen LogP) is 2.49. The molecule has 0 saturated carbocycles. The van der Waals surface area contributed by atoms with Crippen LogP contribution in [-0.2, 0) is 4.79 Å². The number of hydrogen-bond acceptors (Lipinski definition) is 3. The fourth-order valence-corrected chi connectivity index (χ4v) is 2.52. The molecule has 1 amide bonds. The van der Waals surface area contributed by atoms with Crippen molar-refractivity contribution < 1.29 is 19.5 Å². The number of fused-ring (bicyclic) bond motifs is 1. The normalized spacial score (nSPS) is 17.8. The Morgan fingerprint density at radius 1 is 1.40 bits per heavy atom. The highest BCUT2D eigenvalue weighted by Gasteiger charge is 2.32. The van der Waals surface area contributed by atoms with Crippen molar-refractivity contribution in [3.8, 4) is 0 Å². The number of nitrogens with zero attached hydrogens (tertiary/aromatic N) is 1. The lowest BCUT2D eigenvalue weighted by Crippen LogP contribution is -2.43. The molecule has 0 fully saturated rings. The third-order valence-corrected chi connectivity index (χ3v) is 3.46. The van der Waals surface area contributed by atoms with E-state index in [1.165, 1.54) is 12.1 Å². The van der Waals surface area contributed by atoms with E-state index in [1.807, 2.05) is 13.8 Å². The number of carbonyl (C=O) groups is 3. The van der Waals surface area contributed by atoms with Crippen LogP contribution in [0.4, 0.5) is 5.69 Å². The summed E-state index contributed by atoms with van der Waals surface area (Å²) in [6, 6.07) is 4.15. The van der Waals surface area contributed by atoms with Crippen LogP contribution in [0.5, 0.6) is 0 Å². The van der Waals surface area contributed by atoms with Crippen LogP contribution in [0.1, 0.15) is 53.8 Å². The summed E-state index contributed by atoms with van der Waals surface area (Å²) < 4.78 is 0. The fourth-order valence-electron chi connectivity index (χ4n) is 2.52. The zero-order valence-corrected chi connectivity index (χ0v) is 11.5. The Kier molecular flexibility index (Phi) is 3.88. The predicted molar refractivity (Wildman–Crippen MR) is 74.2 cm³/mol. The van der Waals surface area contributed by atoms with E-state index >= 15 is 0 Å². The summed E-state index contributed by atoms with van der Waals surface area (Å²) in [5.74, 6) is -1.22. The molecule has 5 nitrogen and oxygen atoms in total. The molecule has 0 saturated heterocycles. The van der Waals surface area contributed by atoms with Crippen molar-refractivity contribution in [2.24, 2.45) is 0 Å². The van der Waals surface area contributed by atoms with Gasteiger partial charge < -0.3 is 10.0 Å². The van der Waals surface area contributed by atoms with Crippen LogP contribution >= 0.6 is 0 Å². The van der Waals surface area contributed by atoms with E-state index in [2.05, 4.69) is 0 Å². The second kappa shape index (κ2) is 5.45. The molecule has 1 atom stereocenters. The number of aromatic carboxylic acids is 1. The Morgan fingerprint density at radius 3 is 2.70 bits per heavy atom. The van der Waals surface area contributed by atoms with E-state index in [9.17, 15) is 14.4 Å². The summed E-state index contributed by atoms with van der Waals surface area (Å²) in [5.41, 5.74) is 0.916. The molecule has 1 heterocycles. The number of Topliss-reactive ketones (excluding diaryl/α,β-unsaturated/α-hetero) is 1. The van der Waals surface area contributed by atoms with Gasteiger partial charge >= 0.3 is 5.97 Å². The highest BCUT2D eigenvalue weighted by Crippen LogP contribution is 2.32. The molecular weight excluding hydrogens is 258 g/mol. The summed E-state index contributed by atoms with van der Waals surface area (Å²) in [7, 11) is 0. The van der Waals surface area contributed by atoms with Gasteiger partial charge in [-0.25, -0.2) is 4.79 Å². The first-order valence-corrected chi connectivity index (χ1v) is 6.68. The number of rotatable bonds is 3. The van der Waals surface area contributed by atoms with Gasteiger partial charge in [0.1, 0.15) is 0 Å². The Labute approximate surface area is 117 Å². The van der Waals surface area contributed by atoms with Crippen molar-refractivity contribution in [1.82, 2.24) is 0 Å². The van der Waals surface area contributed by atoms with Crippen LogP contribution in [0.3, 0.4) is 0 Å². The monoisotopic (exact) mass is 275 g/mol. The van der Waals surface area contributed by atoms with Crippen LogP contribution in [0.15, 0.2) is 18.2 Å². The van der Waals surface area contributed by atoms with Gasteiger partial charge in [-0.15, -0.1) is 0 Å². The highest BCUT2D eigenvalue weighted by atomic mass is 16.4. The minimum atomic E-state index is -1.08. The number of carboxylic acid groups (broad SMARTS) is 1. The lowest BCUT2D eigenvalue weighted by atomic mass is 9.93. The topological polar surface area (TPSA) is 74.7 Å². The maximum absolute atomic E-state index is 12.2. The Morgan fingerprint density at radius 2 is 2.10 bits per heavy atom. The van der Waals surface area contributed by atoms with Crippen LogP contribution in [0.25, 0.3) is 0 Å². The van der Waals surface area contributed by atoms with Gasteiger partial charge in [-0.3, -0.25) is 9.59 Å². The largest absolute Gasteiger partial charge is 0.478 e. The van der Waals surface area contributed by atoms with E-state index in [4.69, 9.17) is 5.11 Å². The number of hydrogen-bond donors (Lipinski definition) is 1. The summed E-state index contributed by atoms with van der Waals surface area (Å²) in [6.45, 7) is 3.76. The molecular formula is C15H17NO4. The summed E-state index contributed by atoms with van der Waals surface area (Å²) in [6.07, 6.45) is 1.38. The maximum Gasteiger partial charge on any atom is 0.335 e. The van der Waals surface area contributed by atoms with Gasteiger partial charge in [-0.2, -0.15) is 0 Å². The third-order valence-electron chi connectivity index (χ3n) is 3.46. The van der Waals surface area contributed by atoms with Gasteiger partial charge in [-0.05, 0) is 31.5 Å². The molecule has 0 spiro atoms. The number of benzene rings is 1. The molecule has 106 valence electrons. The van der Waals surface area contributed by atoms with Gasteiger partial charge in [0.05, 0.1) is 11.3 Å². The van der Waals surface area contributed by atoms with Crippen LogP contribution < -0.4 is 4.90 Å². The van der Waals surface area contributed by atoms with E-state index in [1.54, 1.807) is 11.0 Å². The van der Waals surface area contributed by atoms with Crippen LogP contribution in [0.2, 0.25) is 0 Å². The number of carboxylic acids is 1. The molecule has 1 aromatic carbocycles. The van der Waals surface area contributed by atoms with Gasteiger partial charge in [-0.1, -0.05) is 6.92 Å². The second-order valence-corrected chi connectivity index (χ2v) is 5.03. The Balaban J connectivity index is 2.49. The summed E-state index contributed by atoms with van der Waals surface area (Å²) in [4.78, 5) is 36.9. The Hall–Kier alpha value is -2.17. The minimum Gasteiger partial charge on any atom is -0.478 e. The van der Waals surface area contributed by atoms with Crippen molar-refractivity contribution in [2.75, 3.05) is 4.90 Å². The van der Waals surface area contributed by atoms with Crippen molar-refractivity contribution >= 4 is 23.3 Å². The molecule has 0 bridgehead atoms. The SMILES string of the molecule is CCCC(=O)N1c2ccc(C(=O)O)cc2C(=O)CC1C. The maximum atomic E-state index is 12.2. The lowest BCUT2D eigenvalue weighted by Gasteiger charge is -2.34. The van der Waals surface area contributed by atoms with Crippen molar-refractivity contribution in [3.63, 3.8) is 0 Å². The second-order valence-electron chi connectivity index (χ2n) is 5.03. The number of carbonyl (C=O) groups excluding carboxylic acids is 2. The number of ketones is 1. The molecule has 20 heavy (non-hydrogen) atoms. The molecule has 1 aliphatic rings. The lowest BCUT2D eigenvalue weighted by molar-refractivity contribution is -0.119. The van der Waals surface area contributed by atoms with Gasteiger partial charge in [0.15, 0.2) is 5.78 Å². The molecule has 0 radical (unpaired) electrons. The van der Waals surface area contributed by atoms with Crippen molar-refractivity contribution in [3.05, 3.63) is 29.3 Å². The first-order chi connectivity index (χ1) is 9.45. The molecule has 1 aromatic rings. The standard InChI is InChI=1S/C15H17NO4/c1-3-4-14(18)16-9(2)7-13(17)11-8-10(15(19)20)5-6-12(11)16/h5-6,8-9H,3-4,7H2,1-2H3,(H,19,20). The third kappa shape index (κ3) is 2.43. The van der Waals surface area contributed by atoms with E-state index in [-0.39, 0.29) is 29.7 Å². The molecule has 1 N–H and O–H groups in total. The molecule has 2 rings (SSSR count).